The molecule has 1 aromatic heterocycles. The van der Waals surface area contributed by atoms with E-state index in [1.165, 1.54) is 6.07 Å². The van der Waals surface area contributed by atoms with Gasteiger partial charge in [-0.25, -0.2) is 9.37 Å². The van der Waals surface area contributed by atoms with Crippen LogP contribution in [0.5, 0.6) is 0 Å². The molecule has 0 aliphatic carbocycles. The van der Waals surface area contributed by atoms with Crippen molar-refractivity contribution in [2.24, 2.45) is 0 Å². The molecule has 2 rings (SSSR count). The molecule has 16 heavy (non-hydrogen) atoms. The molecule has 0 spiro atoms. The van der Waals surface area contributed by atoms with Crippen LogP contribution in [0.2, 0.25) is 0 Å². The standard InChI is InChI=1S/C13H15FN2/c1-4-9-8(3)16-13-10(14)6-5-7(2)11(13)12(9)15/h5-6H,4H2,1-3H3,(H2,15,16). The van der Waals surface area contributed by atoms with Crippen molar-refractivity contribution in [2.75, 3.05) is 5.73 Å². The number of fused-ring (bicyclic) bond motifs is 1. The number of aryl methyl sites for hydroxylation is 2. The molecule has 0 fully saturated rings. The van der Waals surface area contributed by atoms with Crippen LogP contribution in [0.4, 0.5) is 10.1 Å². The highest BCUT2D eigenvalue weighted by atomic mass is 19.1. The summed E-state index contributed by atoms with van der Waals surface area (Å²) in [6.07, 6.45) is 0.816. The molecule has 1 heterocycles. The molecule has 0 aliphatic rings. The number of aromatic nitrogens is 1. The van der Waals surface area contributed by atoms with Crippen LogP contribution in [-0.4, -0.2) is 4.98 Å². The molecule has 3 heteroatoms. The number of halogens is 1. The summed E-state index contributed by atoms with van der Waals surface area (Å²) in [5.74, 6) is -0.307. The molecule has 0 aliphatic heterocycles. The molecule has 1 aromatic carbocycles. The highest BCUT2D eigenvalue weighted by molar-refractivity contribution is 5.95. The first-order chi connectivity index (χ1) is 7.56. The first-order valence-corrected chi connectivity index (χ1v) is 5.40. The molecule has 0 saturated carbocycles. The summed E-state index contributed by atoms with van der Waals surface area (Å²) in [7, 11) is 0. The molecule has 0 unspecified atom stereocenters. The molecule has 84 valence electrons. The summed E-state index contributed by atoms with van der Waals surface area (Å²) in [5, 5.41) is 0.752. The monoisotopic (exact) mass is 218 g/mol. The minimum atomic E-state index is -0.307. The van der Waals surface area contributed by atoms with E-state index < -0.39 is 0 Å². The van der Waals surface area contributed by atoms with E-state index in [0.29, 0.717) is 11.2 Å². The number of benzene rings is 1. The number of nitrogens with zero attached hydrogens (tertiary/aromatic N) is 1. The van der Waals surface area contributed by atoms with Gasteiger partial charge in [0.2, 0.25) is 0 Å². The van der Waals surface area contributed by atoms with Gasteiger partial charge in [-0.3, -0.25) is 0 Å². The second kappa shape index (κ2) is 3.74. The van der Waals surface area contributed by atoms with E-state index in [1.807, 2.05) is 20.8 Å². The Kier molecular flexibility index (Phi) is 2.54. The summed E-state index contributed by atoms with van der Waals surface area (Å²) >= 11 is 0. The zero-order valence-electron chi connectivity index (χ0n) is 9.76. The lowest BCUT2D eigenvalue weighted by Crippen LogP contribution is -2.02. The Labute approximate surface area is 94.3 Å². The molecule has 2 nitrogen and oxygen atoms in total. The Balaban J connectivity index is 2.98. The summed E-state index contributed by atoms with van der Waals surface area (Å²) in [6, 6.07) is 3.18. The van der Waals surface area contributed by atoms with Gasteiger partial charge in [0, 0.05) is 16.8 Å². The minimum Gasteiger partial charge on any atom is -0.398 e. The van der Waals surface area contributed by atoms with Gasteiger partial charge in [0.15, 0.2) is 0 Å². The van der Waals surface area contributed by atoms with Gasteiger partial charge in [-0.1, -0.05) is 13.0 Å². The van der Waals surface area contributed by atoms with Gasteiger partial charge in [-0.2, -0.15) is 0 Å². The van der Waals surface area contributed by atoms with Crippen molar-refractivity contribution in [3.63, 3.8) is 0 Å². The fourth-order valence-corrected chi connectivity index (χ4v) is 2.14. The van der Waals surface area contributed by atoms with E-state index in [-0.39, 0.29) is 5.82 Å². The third kappa shape index (κ3) is 1.43. The van der Waals surface area contributed by atoms with Crippen molar-refractivity contribution >= 4 is 16.6 Å². The number of nitrogens with two attached hydrogens (primary N) is 1. The molecular formula is C13H15FN2. The quantitative estimate of drug-likeness (QED) is 0.798. The molecule has 0 bridgehead atoms. The number of hydrogen-bond acceptors (Lipinski definition) is 2. The molecular weight excluding hydrogens is 203 g/mol. The van der Waals surface area contributed by atoms with Crippen molar-refractivity contribution in [3.05, 3.63) is 34.8 Å². The zero-order valence-corrected chi connectivity index (χ0v) is 9.76. The van der Waals surface area contributed by atoms with Gasteiger partial charge in [0.05, 0.1) is 0 Å². The Morgan fingerprint density at radius 2 is 2.00 bits per heavy atom. The second-order valence-corrected chi connectivity index (χ2v) is 4.03. The normalized spacial score (nSPS) is 11.0. The summed E-state index contributed by atoms with van der Waals surface area (Å²) in [4.78, 5) is 4.31. The Morgan fingerprint density at radius 3 is 2.62 bits per heavy atom. The molecule has 0 amide bonds. The Morgan fingerprint density at radius 1 is 1.31 bits per heavy atom. The van der Waals surface area contributed by atoms with E-state index in [2.05, 4.69) is 4.98 Å². The SMILES string of the molecule is CCc1c(C)nc2c(F)ccc(C)c2c1N. The third-order valence-corrected chi connectivity index (χ3v) is 3.00. The summed E-state index contributed by atoms with van der Waals surface area (Å²) in [6.45, 7) is 5.83. The number of hydrogen-bond donors (Lipinski definition) is 1. The van der Waals surface area contributed by atoms with Gasteiger partial charge < -0.3 is 5.73 Å². The third-order valence-electron chi connectivity index (χ3n) is 3.00. The fourth-order valence-electron chi connectivity index (χ4n) is 2.14. The van der Waals surface area contributed by atoms with Crippen LogP contribution >= 0.6 is 0 Å². The van der Waals surface area contributed by atoms with Crippen molar-refractivity contribution in [2.45, 2.75) is 27.2 Å². The van der Waals surface area contributed by atoms with Gasteiger partial charge in [-0.15, -0.1) is 0 Å². The smallest absolute Gasteiger partial charge is 0.149 e. The van der Waals surface area contributed by atoms with Crippen LogP contribution in [0.15, 0.2) is 12.1 Å². The van der Waals surface area contributed by atoms with Crippen LogP contribution in [0.25, 0.3) is 10.9 Å². The van der Waals surface area contributed by atoms with Crippen LogP contribution in [0, 0.1) is 19.7 Å². The molecule has 0 saturated heterocycles. The van der Waals surface area contributed by atoms with Crippen molar-refractivity contribution in [1.29, 1.82) is 0 Å². The van der Waals surface area contributed by atoms with Crippen LogP contribution in [0.1, 0.15) is 23.7 Å². The molecule has 2 N–H and O–H groups in total. The van der Waals surface area contributed by atoms with Crippen molar-refractivity contribution < 1.29 is 4.39 Å². The first-order valence-electron chi connectivity index (χ1n) is 5.40. The van der Waals surface area contributed by atoms with Gasteiger partial charge in [0.1, 0.15) is 11.3 Å². The van der Waals surface area contributed by atoms with Gasteiger partial charge >= 0.3 is 0 Å². The number of anilines is 1. The van der Waals surface area contributed by atoms with Crippen LogP contribution in [0.3, 0.4) is 0 Å². The maximum atomic E-state index is 13.6. The Hall–Kier alpha value is -1.64. The number of nitrogen functional groups attached to an aromatic ring is 1. The maximum absolute atomic E-state index is 13.6. The Bertz CT molecular complexity index is 562. The predicted octanol–water partition coefficient (Wildman–Crippen LogP) is 3.14. The average molecular weight is 218 g/mol. The van der Waals surface area contributed by atoms with Gasteiger partial charge in [0.25, 0.3) is 0 Å². The molecule has 2 aromatic rings. The van der Waals surface area contributed by atoms with Gasteiger partial charge in [-0.05, 0) is 37.5 Å². The molecule has 0 atom stereocenters. The van der Waals surface area contributed by atoms with E-state index in [9.17, 15) is 4.39 Å². The maximum Gasteiger partial charge on any atom is 0.149 e. The lowest BCUT2D eigenvalue weighted by atomic mass is 10.0. The highest BCUT2D eigenvalue weighted by Crippen LogP contribution is 2.30. The zero-order chi connectivity index (χ0) is 11.9. The van der Waals surface area contributed by atoms with E-state index in [1.54, 1.807) is 6.07 Å². The lowest BCUT2D eigenvalue weighted by Gasteiger charge is -2.12. The average Bonchev–Trinajstić information content (AvgIpc) is 2.24. The van der Waals surface area contributed by atoms with Crippen molar-refractivity contribution in [3.8, 4) is 0 Å². The predicted molar refractivity (Wildman–Crippen MR) is 65.0 cm³/mol. The highest BCUT2D eigenvalue weighted by Gasteiger charge is 2.13. The number of pyridine rings is 1. The largest absolute Gasteiger partial charge is 0.398 e. The van der Waals surface area contributed by atoms with Crippen LogP contribution < -0.4 is 5.73 Å². The first kappa shape index (κ1) is 10.9. The van der Waals surface area contributed by atoms with E-state index in [4.69, 9.17) is 5.73 Å². The van der Waals surface area contributed by atoms with Crippen molar-refractivity contribution in [1.82, 2.24) is 4.98 Å². The molecule has 0 radical (unpaired) electrons. The second-order valence-electron chi connectivity index (χ2n) is 4.03. The van der Waals surface area contributed by atoms with E-state index >= 15 is 0 Å². The summed E-state index contributed by atoms with van der Waals surface area (Å²) < 4.78 is 13.6. The van der Waals surface area contributed by atoms with E-state index in [0.717, 1.165) is 28.6 Å². The van der Waals surface area contributed by atoms with Crippen LogP contribution in [-0.2, 0) is 6.42 Å². The number of rotatable bonds is 1. The lowest BCUT2D eigenvalue weighted by molar-refractivity contribution is 0.636. The topological polar surface area (TPSA) is 38.9 Å². The minimum absolute atomic E-state index is 0.307. The fraction of sp³-hybridized carbons (Fsp3) is 0.308. The summed E-state index contributed by atoms with van der Waals surface area (Å²) in [5.41, 5.74) is 9.94.